The van der Waals surface area contributed by atoms with Gasteiger partial charge in [0.05, 0.1) is 24.5 Å². The lowest BCUT2D eigenvalue weighted by Crippen LogP contribution is -2.26. The second kappa shape index (κ2) is 6.71. The van der Waals surface area contributed by atoms with Gasteiger partial charge in [0.25, 0.3) is 0 Å². The van der Waals surface area contributed by atoms with Crippen LogP contribution in [0.2, 0.25) is 0 Å². The summed E-state index contributed by atoms with van der Waals surface area (Å²) in [7, 11) is 0. The predicted octanol–water partition coefficient (Wildman–Crippen LogP) is 4.48. The van der Waals surface area contributed by atoms with Crippen LogP contribution in [0.5, 0.6) is 0 Å². The van der Waals surface area contributed by atoms with Crippen molar-refractivity contribution in [1.82, 2.24) is 9.55 Å². The highest BCUT2D eigenvalue weighted by molar-refractivity contribution is 14.1. The Bertz CT molecular complexity index is 624. The van der Waals surface area contributed by atoms with Crippen molar-refractivity contribution in [2.75, 3.05) is 0 Å². The SMILES string of the molecule is CC.CC1(C)Sc2ncc(CO)n2C1c1cccc(I)c1. The topological polar surface area (TPSA) is 38.1 Å². The maximum atomic E-state index is 9.51. The quantitative estimate of drug-likeness (QED) is 0.734. The number of fused-ring (bicyclic) bond motifs is 1. The van der Waals surface area contributed by atoms with Crippen LogP contribution in [-0.2, 0) is 6.61 Å². The summed E-state index contributed by atoms with van der Waals surface area (Å²) < 4.78 is 3.45. The number of aliphatic hydroxyl groups is 1. The van der Waals surface area contributed by atoms with Gasteiger partial charge >= 0.3 is 0 Å². The Hall–Kier alpha value is -0.530. The molecule has 1 N–H and O–H groups in total. The molecule has 0 radical (unpaired) electrons. The van der Waals surface area contributed by atoms with Crippen LogP contribution in [0.15, 0.2) is 35.6 Å². The van der Waals surface area contributed by atoms with Gasteiger partial charge in [-0.2, -0.15) is 0 Å². The molecule has 1 atom stereocenters. The molecule has 5 heteroatoms. The average molecular weight is 416 g/mol. The molecule has 0 saturated heterocycles. The van der Waals surface area contributed by atoms with Gasteiger partial charge in [0.2, 0.25) is 0 Å². The maximum absolute atomic E-state index is 9.51. The first-order valence-electron chi connectivity index (χ1n) is 7.14. The summed E-state index contributed by atoms with van der Waals surface area (Å²) in [6.07, 6.45) is 1.78. The van der Waals surface area contributed by atoms with Crippen LogP contribution >= 0.6 is 34.4 Å². The monoisotopic (exact) mass is 416 g/mol. The van der Waals surface area contributed by atoms with Crippen molar-refractivity contribution in [3.63, 3.8) is 0 Å². The van der Waals surface area contributed by atoms with Crippen molar-refractivity contribution in [2.24, 2.45) is 0 Å². The van der Waals surface area contributed by atoms with Crippen LogP contribution in [0.4, 0.5) is 0 Å². The molecule has 2 aromatic rings. The molecule has 1 aliphatic heterocycles. The van der Waals surface area contributed by atoms with E-state index in [1.165, 1.54) is 9.13 Å². The summed E-state index contributed by atoms with van der Waals surface area (Å²) in [6.45, 7) is 8.50. The van der Waals surface area contributed by atoms with Crippen molar-refractivity contribution in [3.8, 4) is 0 Å². The number of thioether (sulfide) groups is 1. The molecule has 3 nitrogen and oxygen atoms in total. The van der Waals surface area contributed by atoms with Crippen molar-refractivity contribution >= 4 is 34.4 Å². The van der Waals surface area contributed by atoms with E-state index in [0.717, 1.165) is 10.9 Å². The van der Waals surface area contributed by atoms with Crippen LogP contribution in [0, 0.1) is 3.57 Å². The molecule has 1 unspecified atom stereocenters. The smallest absolute Gasteiger partial charge is 0.169 e. The van der Waals surface area contributed by atoms with Gasteiger partial charge in [-0.25, -0.2) is 4.98 Å². The molecular weight excluding hydrogens is 395 g/mol. The number of nitrogens with zero attached hydrogens (tertiary/aromatic N) is 2. The normalized spacial score (nSPS) is 18.9. The van der Waals surface area contributed by atoms with E-state index in [1.54, 1.807) is 18.0 Å². The number of halogens is 1. The third-order valence-electron chi connectivity index (χ3n) is 3.44. The second-order valence-corrected chi connectivity index (χ2v) is 8.09. The zero-order valence-electron chi connectivity index (χ0n) is 12.8. The molecule has 0 saturated carbocycles. The lowest BCUT2D eigenvalue weighted by molar-refractivity contribution is 0.265. The Morgan fingerprint density at radius 2 is 2.10 bits per heavy atom. The lowest BCUT2D eigenvalue weighted by atomic mass is 9.95. The molecule has 2 heterocycles. The highest BCUT2D eigenvalue weighted by atomic mass is 127. The van der Waals surface area contributed by atoms with Crippen molar-refractivity contribution in [1.29, 1.82) is 0 Å². The van der Waals surface area contributed by atoms with E-state index in [4.69, 9.17) is 0 Å². The standard InChI is InChI=1S/C14H15IN2OS.C2H6/c1-14(2)12(9-4-3-5-10(15)6-9)17-11(8-18)7-16-13(17)19-14;1-2/h3-7,12,18H,8H2,1-2H3;1-2H3. The molecule has 0 fully saturated rings. The van der Waals surface area contributed by atoms with Crippen molar-refractivity contribution in [3.05, 3.63) is 45.3 Å². The molecule has 1 aliphatic rings. The molecule has 0 spiro atoms. The highest BCUT2D eigenvalue weighted by Crippen LogP contribution is 2.51. The fraction of sp³-hybridized carbons (Fsp3) is 0.438. The maximum Gasteiger partial charge on any atom is 0.169 e. The number of aromatic nitrogens is 2. The van der Waals surface area contributed by atoms with Gasteiger partial charge in [-0.1, -0.05) is 37.7 Å². The lowest BCUT2D eigenvalue weighted by Gasteiger charge is -2.28. The Balaban J connectivity index is 0.000000774. The van der Waals surface area contributed by atoms with Gasteiger partial charge in [-0.15, -0.1) is 0 Å². The summed E-state index contributed by atoms with van der Waals surface area (Å²) in [4.78, 5) is 4.43. The number of benzene rings is 1. The van der Waals surface area contributed by atoms with Gasteiger partial charge in [0.1, 0.15) is 0 Å². The summed E-state index contributed by atoms with van der Waals surface area (Å²) in [5.41, 5.74) is 2.16. The number of imidazole rings is 1. The first-order chi connectivity index (χ1) is 10.0. The summed E-state index contributed by atoms with van der Waals surface area (Å²) in [5.74, 6) is 0. The highest BCUT2D eigenvalue weighted by Gasteiger charge is 2.42. The zero-order valence-corrected chi connectivity index (χ0v) is 15.8. The fourth-order valence-electron chi connectivity index (χ4n) is 2.67. The van der Waals surface area contributed by atoms with Gasteiger partial charge in [0.15, 0.2) is 5.16 Å². The third kappa shape index (κ3) is 3.14. The second-order valence-electron chi connectivity index (χ2n) is 5.22. The molecule has 3 rings (SSSR count). The van der Waals surface area contributed by atoms with Crippen molar-refractivity contribution < 1.29 is 5.11 Å². The van der Waals surface area contributed by atoms with Crippen LogP contribution in [0.25, 0.3) is 0 Å². The van der Waals surface area contributed by atoms with E-state index >= 15 is 0 Å². The van der Waals surface area contributed by atoms with Gasteiger partial charge in [-0.05, 0) is 54.1 Å². The van der Waals surface area contributed by atoms with E-state index in [9.17, 15) is 5.11 Å². The predicted molar refractivity (Wildman–Crippen MR) is 96.7 cm³/mol. The van der Waals surface area contributed by atoms with Gasteiger partial charge < -0.3 is 9.67 Å². The Morgan fingerprint density at radius 1 is 1.38 bits per heavy atom. The molecule has 0 amide bonds. The number of rotatable bonds is 2. The third-order valence-corrected chi connectivity index (χ3v) is 5.34. The number of hydrogen-bond donors (Lipinski definition) is 1. The first kappa shape index (κ1) is 16.8. The van der Waals surface area contributed by atoms with E-state index in [0.29, 0.717) is 0 Å². The Kier molecular flexibility index (Phi) is 5.38. The minimum Gasteiger partial charge on any atom is -0.390 e. The van der Waals surface area contributed by atoms with E-state index < -0.39 is 0 Å². The minimum atomic E-state index is 0.0318. The van der Waals surface area contributed by atoms with Gasteiger partial charge in [0, 0.05) is 8.32 Å². The largest absolute Gasteiger partial charge is 0.390 e. The molecule has 114 valence electrons. The van der Waals surface area contributed by atoms with Crippen LogP contribution in [0.3, 0.4) is 0 Å². The molecule has 21 heavy (non-hydrogen) atoms. The van der Waals surface area contributed by atoms with Crippen molar-refractivity contribution in [2.45, 2.75) is 50.2 Å². The molecule has 0 aliphatic carbocycles. The number of aliphatic hydroxyl groups excluding tert-OH is 1. The van der Waals surface area contributed by atoms with Crippen LogP contribution in [-0.4, -0.2) is 19.4 Å². The molecule has 0 bridgehead atoms. The van der Waals surface area contributed by atoms with Crippen LogP contribution in [0.1, 0.15) is 45.0 Å². The average Bonchev–Trinajstić information content (AvgIpc) is 2.94. The van der Waals surface area contributed by atoms with E-state index in [-0.39, 0.29) is 17.4 Å². The number of hydrogen-bond acceptors (Lipinski definition) is 3. The molecular formula is C16H21IN2OS. The summed E-state index contributed by atoms with van der Waals surface area (Å²) in [6, 6.07) is 8.77. The van der Waals surface area contributed by atoms with Crippen LogP contribution < -0.4 is 0 Å². The molecule has 1 aromatic carbocycles. The van der Waals surface area contributed by atoms with E-state index in [1.807, 2.05) is 13.8 Å². The summed E-state index contributed by atoms with van der Waals surface area (Å²) >= 11 is 4.12. The first-order valence-corrected chi connectivity index (χ1v) is 9.04. The Morgan fingerprint density at radius 3 is 2.71 bits per heavy atom. The molecule has 1 aromatic heterocycles. The summed E-state index contributed by atoms with van der Waals surface area (Å²) in [5, 5.41) is 10.5. The Labute approximate surface area is 144 Å². The minimum absolute atomic E-state index is 0.0318. The fourth-order valence-corrected chi connectivity index (χ4v) is 4.49. The van der Waals surface area contributed by atoms with Gasteiger partial charge in [-0.3, -0.25) is 0 Å². The van der Waals surface area contributed by atoms with E-state index in [2.05, 4.69) is 70.3 Å². The zero-order chi connectivity index (χ0) is 15.6.